The van der Waals surface area contributed by atoms with Crippen molar-refractivity contribution < 1.29 is 19.2 Å². The van der Waals surface area contributed by atoms with Crippen molar-refractivity contribution in [3.63, 3.8) is 0 Å². The molecule has 0 bridgehead atoms. The number of benzene rings is 1. The van der Waals surface area contributed by atoms with Crippen LogP contribution in [0.25, 0.3) is 0 Å². The molecule has 1 aliphatic heterocycles. The summed E-state index contributed by atoms with van der Waals surface area (Å²) in [5.41, 5.74) is 0.611. The van der Waals surface area contributed by atoms with Crippen molar-refractivity contribution in [1.29, 1.82) is 0 Å². The molecule has 1 saturated heterocycles. The van der Waals surface area contributed by atoms with Crippen LogP contribution in [0.4, 0.5) is 0 Å². The van der Waals surface area contributed by atoms with Gasteiger partial charge in [-0.25, -0.2) is 0 Å². The third-order valence-electron chi connectivity index (χ3n) is 4.55. The third-order valence-corrected chi connectivity index (χ3v) is 5.64. The highest BCUT2D eigenvalue weighted by Crippen LogP contribution is 2.20. The van der Waals surface area contributed by atoms with Gasteiger partial charge in [-0.05, 0) is 12.1 Å². The molecule has 1 N–H and O–H groups in total. The van der Waals surface area contributed by atoms with Gasteiger partial charge in [-0.15, -0.1) is 11.3 Å². The fraction of sp³-hybridized carbons (Fsp3) is 0.300. The molecule has 2 heterocycles. The number of hydrogen-bond acceptors (Lipinski definition) is 5. The van der Waals surface area contributed by atoms with E-state index < -0.39 is 11.8 Å². The molecule has 1 aromatic carbocycles. The zero-order chi connectivity index (χ0) is 20.1. The lowest BCUT2D eigenvalue weighted by Gasteiger charge is -2.33. The Kier molecular flexibility index (Phi) is 6.20. The van der Waals surface area contributed by atoms with E-state index in [9.17, 15) is 19.2 Å². The van der Waals surface area contributed by atoms with Gasteiger partial charge in [0.2, 0.25) is 11.7 Å². The van der Waals surface area contributed by atoms with Crippen LogP contribution in [-0.4, -0.2) is 59.5 Å². The summed E-state index contributed by atoms with van der Waals surface area (Å²) in [6, 6.07) is 12.5. The molecule has 1 aromatic heterocycles. The second kappa shape index (κ2) is 8.79. The Morgan fingerprint density at radius 3 is 2.21 bits per heavy atom. The average molecular weight is 399 g/mol. The van der Waals surface area contributed by atoms with E-state index in [1.54, 1.807) is 29.2 Å². The second-order valence-electron chi connectivity index (χ2n) is 6.44. The van der Waals surface area contributed by atoms with Crippen molar-refractivity contribution in [2.45, 2.75) is 13.5 Å². The lowest BCUT2D eigenvalue weighted by Crippen LogP contribution is -2.53. The van der Waals surface area contributed by atoms with Crippen molar-refractivity contribution in [2.75, 3.05) is 26.2 Å². The lowest BCUT2D eigenvalue weighted by atomic mass is 10.1. The minimum absolute atomic E-state index is 0.0323. The molecule has 2 aromatic rings. The highest BCUT2D eigenvalue weighted by atomic mass is 32.1. The quantitative estimate of drug-likeness (QED) is 0.620. The number of nitrogens with zero attached hydrogens (tertiary/aromatic N) is 2. The zero-order valence-electron chi connectivity index (χ0n) is 15.5. The van der Waals surface area contributed by atoms with Crippen LogP contribution in [0.2, 0.25) is 0 Å². The van der Waals surface area contributed by atoms with Crippen molar-refractivity contribution in [3.8, 4) is 0 Å². The van der Waals surface area contributed by atoms with E-state index in [2.05, 4.69) is 5.32 Å². The maximum Gasteiger partial charge on any atom is 0.312 e. The van der Waals surface area contributed by atoms with Crippen molar-refractivity contribution in [1.82, 2.24) is 15.1 Å². The van der Waals surface area contributed by atoms with Crippen LogP contribution in [0.5, 0.6) is 0 Å². The van der Waals surface area contributed by atoms with Gasteiger partial charge in [0.05, 0.1) is 11.4 Å². The first-order valence-corrected chi connectivity index (χ1v) is 9.78. The van der Waals surface area contributed by atoms with Crippen molar-refractivity contribution >= 4 is 34.8 Å². The fourth-order valence-electron chi connectivity index (χ4n) is 2.94. The summed E-state index contributed by atoms with van der Waals surface area (Å²) in [6.07, 6.45) is 0. The molecule has 8 heteroatoms. The summed E-state index contributed by atoms with van der Waals surface area (Å²) in [5.74, 6) is -1.38. The predicted octanol–water partition coefficient (Wildman–Crippen LogP) is 1.29. The van der Waals surface area contributed by atoms with E-state index in [0.29, 0.717) is 36.6 Å². The third kappa shape index (κ3) is 4.64. The fourth-order valence-corrected chi connectivity index (χ4v) is 3.85. The lowest BCUT2D eigenvalue weighted by molar-refractivity contribution is -0.148. The maximum absolute atomic E-state index is 12.4. The molecule has 0 radical (unpaired) electrons. The van der Waals surface area contributed by atoms with Gasteiger partial charge in [0.15, 0.2) is 0 Å². The summed E-state index contributed by atoms with van der Waals surface area (Å²) < 4.78 is 0. The SMILES string of the molecule is CC(=O)N1CCN(C(=O)C(=O)NCc2ccc(C(=O)c3ccccc3)s2)CC1. The van der Waals surface area contributed by atoms with E-state index in [1.165, 1.54) is 23.2 Å². The summed E-state index contributed by atoms with van der Waals surface area (Å²) in [4.78, 5) is 52.6. The molecular formula is C20H21N3O4S. The van der Waals surface area contributed by atoms with Crippen molar-refractivity contribution in [2.24, 2.45) is 0 Å². The Morgan fingerprint density at radius 2 is 1.57 bits per heavy atom. The number of nitrogens with one attached hydrogen (secondary N) is 1. The topological polar surface area (TPSA) is 86.8 Å². The number of amides is 3. The van der Waals surface area contributed by atoms with Gasteiger partial charge in [-0.3, -0.25) is 19.2 Å². The van der Waals surface area contributed by atoms with E-state index in [1.807, 2.05) is 18.2 Å². The van der Waals surface area contributed by atoms with Gasteiger partial charge in [-0.2, -0.15) is 0 Å². The Balaban J connectivity index is 1.51. The molecule has 0 saturated carbocycles. The van der Waals surface area contributed by atoms with Crippen molar-refractivity contribution in [3.05, 3.63) is 57.8 Å². The van der Waals surface area contributed by atoms with Crippen LogP contribution in [0, 0.1) is 0 Å². The van der Waals surface area contributed by atoms with Crippen LogP contribution in [0.15, 0.2) is 42.5 Å². The van der Waals surface area contributed by atoms with E-state index >= 15 is 0 Å². The first kappa shape index (κ1) is 19.8. The summed E-state index contributed by atoms with van der Waals surface area (Å²) in [7, 11) is 0. The first-order chi connectivity index (χ1) is 13.5. The highest BCUT2D eigenvalue weighted by Gasteiger charge is 2.26. The normalized spacial score (nSPS) is 13.9. The van der Waals surface area contributed by atoms with E-state index in [4.69, 9.17) is 0 Å². The summed E-state index contributed by atoms with van der Waals surface area (Å²) in [5, 5.41) is 2.61. The second-order valence-corrected chi connectivity index (χ2v) is 7.61. The summed E-state index contributed by atoms with van der Waals surface area (Å²) in [6.45, 7) is 3.24. The largest absolute Gasteiger partial charge is 0.343 e. The minimum Gasteiger partial charge on any atom is -0.343 e. The van der Waals surface area contributed by atoms with Crippen LogP contribution in [-0.2, 0) is 20.9 Å². The zero-order valence-corrected chi connectivity index (χ0v) is 16.3. The molecule has 1 aliphatic rings. The number of ketones is 1. The number of piperazine rings is 1. The van der Waals surface area contributed by atoms with Gasteiger partial charge in [-0.1, -0.05) is 30.3 Å². The first-order valence-electron chi connectivity index (χ1n) is 8.97. The van der Waals surface area contributed by atoms with E-state index in [0.717, 1.165) is 4.88 Å². The number of thiophene rings is 1. The molecule has 3 rings (SSSR count). The monoisotopic (exact) mass is 399 g/mol. The molecule has 146 valence electrons. The molecule has 0 atom stereocenters. The van der Waals surface area contributed by atoms with Gasteiger partial charge in [0.1, 0.15) is 0 Å². The average Bonchev–Trinajstić information content (AvgIpc) is 3.20. The van der Waals surface area contributed by atoms with Gasteiger partial charge >= 0.3 is 11.8 Å². The molecule has 0 aliphatic carbocycles. The Hall–Kier alpha value is -3.00. The van der Waals surface area contributed by atoms with E-state index in [-0.39, 0.29) is 18.2 Å². The van der Waals surface area contributed by atoms with Crippen LogP contribution < -0.4 is 5.32 Å². The van der Waals surface area contributed by atoms with Crippen LogP contribution in [0.1, 0.15) is 27.0 Å². The van der Waals surface area contributed by atoms with Gasteiger partial charge in [0, 0.05) is 43.5 Å². The number of carbonyl (C=O) groups is 4. The van der Waals surface area contributed by atoms with Gasteiger partial charge in [0.25, 0.3) is 0 Å². The van der Waals surface area contributed by atoms with Crippen LogP contribution >= 0.6 is 11.3 Å². The minimum atomic E-state index is -0.680. The molecule has 0 unspecified atom stereocenters. The Bertz CT molecular complexity index is 886. The van der Waals surface area contributed by atoms with Crippen LogP contribution in [0.3, 0.4) is 0 Å². The smallest absolute Gasteiger partial charge is 0.312 e. The molecule has 7 nitrogen and oxygen atoms in total. The highest BCUT2D eigenvalue weighted by molar-refractivity contribution is 7.14. The maximum atomic E-state index is 12.4. The molecule has 3 amide bonds. The Morgan fingerprint density at radius 1 is 0.929 bits per heavy atom. The molecular weight excluding hydrogens is 378 g/mol. The van der Waals surface area contributed by atoms with Gasteiger partial charge < -0.3 is 15.1 Å². The number of hydrogen-bond donors (Lipinski definition) is 1. The molecule has 1 fully saturated rings. The molecule has 0 spiro atoms. The molecule has 28 heavy (non-hydrogen) atoms. The summed E-state index contributed by atoms with van der Waals surface area (Å²) >= 11 is 1.30. The number of carbonyl (C=O) groups excluding carboxylic acids is 4. The number of rotatable bonds is 4. The predicted molar refractivity (Wildman–Crippen MR) is 105 cm³/mol. The Labute approximate surface area is 166 Å². The standard InChI is InChI=1S/C20H21N3O4S/c1-14(24)22-9-11-23(12-10-22)20(27)19(26)21-13-16-7-8-17(28-16)18(25)15-5-3-2-4-6-15/h2-8H,9-13H2,1H3,(H,21,26).